The molecule has 2 aromatic heterocycles. The highest BCUT2D eigenvalue weighted by Crippen LogP contribution is 2.18. The molecule has 18 heavy (non-hydrogen) atoms. The number of rotatable bonds is 2. The Labute approximate surface area is 108 Å². The van der Waals surface area contributed by atoms with Gasteiger partial charge >= 0.3 is 6.03 Å². The van der Waals surface area contributed by atoms with Gasteiger partial charge in [0, 0.05) is 23.4 Å². The van der Waals surface area contributed by atoms with Crippen molar-refractivity contribution in [1.82, 2.24) is 15.4 Å². The predicted molar refractivity (Wildman–Crippen MR) is 67.2 cm³/mol. The van der Waals surface area contributed by atoms with Crippen molar-refractivity contribution in [2.24, 2.45) is 0 Å². The normalized spacial score (nSPS) is 14.3. The van der Waals surface area contributed by atoms with Gasteiger partial charge < -0.3 is 14.7 Å². The van der Waals surface area contributed by atoms with Crippen LogP contribution >= 0.6 is 11.3 Å². The molecule has 0 unspecified atom stereocenters. The van der Waals surface area contributed by atoms with Gasteiger partial charge in [0.05, 0.1) is 19.3 Å². The Bertz CT molecular complexity index is 535. The molecule has 0 bridgehead atoms. The third-order valence-electron chi connectivity index (χ3n) is 2.98. The SMILES string of the molecule is O=C(NCc1cccs1)N1CCc2oncc2C1. The number of amides is 2. The quantitative estimate of drug-likeness (QED) is 0.901. The summed E-state index contributed by atoms with van der Waals surface area (Å²) < 4.78 is 5.10. The average molecular weight is 263 g/mol. The minimum Gasteiger partial charge on any atom is -0.361 e. The van der Waals surface area contributed by atoms with Gasteiger partial charge in [0.25, 0.3) is 0 Å². The molecule has 2 aromatic rings. The lowest BCUT2D eigenvalue weighted by atomic mass is 10.1. The molecule has 0 saturated carbocycles. The Kier molecular flexibility index (Phi) is 3.02. The topological polar surface area (TPSA) is 58.4 Å². The third kappa shape index (κ3) is 2.24. The molecule has 0 saturated heterocycles. The van der Waals surface area contributed by atoms with Crippen molar-refractivity contribution >= 4 is 17.4 Å². The van der Waals surface area contributed by atoms with E-state index in [-0.39, 0.29) is 6.03 Å². The van der Waals surface area contributed by atoms with Crippen LogP contribution in [-0.4, -0.2) is 22.6 Å². The van der Waals surface area contributed by atoms with Crippen molar-refractivity contribution in [2.75, 3.05) is 6.54 Å². The van der Waals surface area contributed by atoms with Crippen molar-refractivity contribution in [1.29, 1.82) is 0 Å². The number of nitrogens with one attached hydrogen (secondary N) is 1. The summed E-state index contributed by atoms with van der Waals surface area (Å²) in [6.45, 7) is 1.84. The van der Waals surface area contributed by atoms with Gasteiger partial charge in [-0.25, -0.2) is 4.79 Å². The number of hydrogen-bond donors (Lipinski definition) is 1. The van der Waals surface area contributed by atoms with Gasteiger partial charge in [-0.05, 0) is 11.4 Å². The molecule has 1 aliphatic heterocycles. The van der Waals surface area contributed by atoms with Crippen LogP contribution in [0.2, 0.25) is 0 Å². The highest BCUT2D eigenvalue weighted by atomic mass is 32.1. The van der Waals surface area contributed by atoms with Crippen LogP contribution in [0.15, 0.2) is 28.2 Å². The first kappa shape index (κ1) is 11.3. The molecule has 0 spiro atoms. The predicted octanol–water partition coefficient (Wildman–Crippen LogP) is 2.00. The van der Waals surface area contributed by atoms with Gasteiger partial charge in [-0.2, -0.15) is 0 Å². The monoisotopic (exact) mass is 263 g/mol. The van der Waals surface area contributed by atoms with Gasteiger partial charge in [-0.15, -0.1) is 11.3 Å². The first-order valence-corrected chi connectivity index (χ1v) is 6.68. The summed E-state index contributed by atoms with van der Waals surface area (Å²) in [4.78, 5) is 14.9. The molecule has 0 atom stereocenters. The fourth-order valence-corrected chi connectivity index (χ4v) is 2.65. The summed E-state index contributed by atoms with van der Waals surface area (Å²) >= 11 is 1.64. The Hall–Kier alpha value is -1.82. The first-order chi connectivity index (χ1) is 8.83. The summed E-state index contributed by atoms with van der Waals surface area (Å²) in [7, 11) is 0. The second-order valence-electron chi connectivity index (χ2n) is 4.18. The van der Waals surface area contributed by atoms with Gasteiger partial charge in [0.1, 0.15) is 5.76 Å². The standard InChI is InChI=1S/C12H13N3O2S/c16-12(13-7-10-2-1-5-18-10)15-4-3-11-9(8-15)6-14-17-11/h1-2,5-6H,3-4,7-8H2,(H,13,16). The average Bonchev–Trinajstić information content (AvgIpc) is 3.05. The number of thiophene rings is 1. The maximum Gasteiger partial charge on any atom is 0.318 e. The molecule has 0 aromatic carbocycles. The minimum atomic E-state index is -0.0322. The van der Waals surface area contributed by atoms with E-state index in [1.807, 2.05) is 17.5 Å². The second-order valence-corrected chi connectivity index (χ2v) is 5.22. The fraction of sp³-hybridized carbons (Fsp3) is 0.333. The number of carbonyl (C=O) groups is 1. The van der Waals surface area contributed by atoms with E-state index in [1.54, 1.807) is 22.4 Å². The zero-order valence-corrected chi connectivity index (χ0v) is 10.6. The summed E-state index contributed by atoms with van der Waals surface area (Å²) in [5.74, 6) is 0.900. The molecule has 0 fully saturated rings. The summed E-state index contributed by atoms with van der Waals surface area (Å²) in [6.07, 6.45) is 2.43. The molecule has 3 rings (SSSR count). The van der Waals surface area contributed by atoms with Crippen molar-refractivity contribution in [3.8, 4) is 0 Å². The molecule has 5 nitrogen and oxygen atoms in total. The highest BCUT2D eigenvalue weighted by Gasteiger charge is 2.23. The Morgan fingerprint density at radius 3 is 3.39 bits per heavy atom. The second kappa shape index (κ2) is 4.81. The molecular formula is C12H13N3O2S. The lowest BCUT2D eigenvalue weighted by molar-refractivity contribution is 0.188. The number of hydrogen-bond acceptors (Lipinski definition) is 4. The first-order valence-electron chi connectivity index (χ1n) is 5.80. The third-order valence-corrected chi connectivity index (χ3v) is 3.86. The van der Waals surface area contributed by atoms with Crippen molar-refractivity contribution in [3.05, 3.63) is 39.9 Å². The molecule has 1 aliphatic rings. The minimum absolute atomic E-state index is 0.0322. The molecule has 94 valence electrons. The zero-order chi connectivity index (χ0) is 12.4. The van der Waals surface area contributed by atoms with Crippen molar-refractivity contribution in [3.63, 3.8) is 0 Å². The van der Waals surface area contributed by atoms with Gasteiger partial charge in [-0.1, -0.05) is 11.2 Å². The number of carbonyl (C=O) groups excluding carboxylic acids is 1. The Balaban J connectivity index is 1.57. The molecule has 6 heteroatoms. The van der Waals surface area contributed by atoms with Crippen LogP contribution in [0, 0.1) is 0 Å². The molecule has 1 N–H and O–H groups in total. The smallest absolute Gasteiger partial charge is 0.318 e. The van der Waals surface area contributed by atoms with E-state index in [4.69, 9.17) is 4.52 Å². The van der Waals surface area contributed by atoms with E-state index in [0.29, 0.717) is 19.6 Å². The number of nitrogens with zero attached hydrogens (tertiary/aromatic N) is 2. The van der Waals surface area contributed by atoms with E-state index in [0.717, 1.165) is 22.6 Å². The van der Waals surface area contributed by atoms with E-state index >= 15 is 0 Å². The van der Waals surface area contributed by atoms with Crippen LogP contribution in [0.25, 0.3) is 0 Å². The van der Waals surface area contributed by atoms with Crippen LogP contribution in [-0.2, 0) is 19.5 Å². The Morgan fingerprint density at radius 2 is 2.56 bits per heavy atom. The van der Waals surface area contributed by atoms with Crippen LogP contribution in [0.1, 0.15) is 16.2 Å². The summed E-state index contributed by atoms with van der Waals surface area (Å²) in [6, 6.07) is 3.96. The lowest BCUT2D eigenvalue weighted by Gasteiger charge is -2.25. The molecule has 3 heterocycles. The summed E-state index contributed by atoms with van der Waals surface area (Å²) in [5.41, 5.74) is 1.01. The molecule has 2 amide bonds. The van der Waals surface area contributed by atoms with E-state index in [1.165, 1.54) is 0 Å². The fourth-order valence-electron chi connectivity index (χ4n) is 2.00. The summed E-state index contributed by atoms with van der Waals surface area (Å²) in [5, 5.41) is 8.68. The van der Waals surface area contributed by atoms with Crippen molar-refractivity contribution < 1.29 is 9.32 Å². The number of aromatic nitrogens is 1. The van der Waals surface area contributed by atoms with Crippen LogP contribution in [0.4, 0.5) is 4.79 Å². The van der Waals surface area contributed by atoms with Crippen molar-refractivity contribution in [2.45, 2.75) is 19.5 Å². The largest absolute Gasteiger partial charge is 0.361 e. The van der Waals surface area contributed by atoms with E-state index in [9.17, 15) is 4.79 Å². The van der Waals surface area contributed by atoms with Gasteiger partial charge in [0.15, 0.2) is 0 Å². The lowest BCUT2D eigenvalue weighted by Crippen LogP contribution is -2.42. The highest BCUT2D eigenvalue weighted by molar-refractivity contribution is 7.09. The van der Waals surface area contributed by atoms with Crippen LogP contribution < -0.4 is 5.32 Å². The Morgan fingerprint density at radius 1 is 1.61 bits per heavy atom. The maximum absolute atomic E-state index is 12.0. The number of fused-ring (bicyclic) bond motifs is 1. The van der Waals surface area contributed by atoms with Crippen LogP contribution in [0.5, 0.6) is 0 Å². The van der Waals surface area contributed by atoms with E-state index in [2.05, 4.69) is 10.5 Å². The maximum atomic E-state index is 12.0. The zero-order valence-electron chi connectivity index (χ0n) is 9.76. The number of urea groups is 1. The van der Waals surface area contributed by atoms with Gasteiger partial charge in [-0.3, -0.25) is 0 Å². The molecule has 0 radical (unpaired) electrons. The van der Waals surface area contributed by atoms with Crippen LogP contribution in [0.3, 0.4) is 0 Å². The molecular weight excluding hydrogens is 250 g/mol. The van der Waals surface area contributed by atoms with E-state index < -0.39 is 0 Å². The molecule has 0 aliphatic carbocycles. The van der Waals surface area contributed by atoms with Gasteiger partial charge in [0.2, 0.25) is 0 Å².